The Morgan fingerprint density at radius 3 is 2.57 bits per heavy atom. The van der Waals surface area contributed by atoms with Gasteiger partial charge in [-0.2, -0.15) is 0 Å². The molecule has 1 unspecified atom stereocenters. The van der Waals surface area contributed by atoms with Crippen LogP contribution < -0.4 is 9.64 Å². The van der Waals surface area contributed by atoms with Gasteiger partial charge in [-0.1, -0.05) is 36.4 Å². The fourth-order valence-corrected chi connectivity index (χ4v) is 2.76. The van der Waals surface area contributed by atoms with Gasteiger partial charge in [0.2, 0.25) is 5.91 Å². The van der Waals surface area contributed by atoms with E-state index in [0.29, 0.717) is 11.4 Å². The van der Waals surface area contributed by atoms with Crippen molar-refractivity contribution in [3.05, 3.63) is 48.5 Å². The summed E-state index contributed by atoms with van der Waals surface area (Å²) in [6.45, 7) is 1.64. The minimum atomic E-state index is -0.655. The molecule has 3 rings (SSSR count). The average molecular weight is 330 g/mol. The number of carbonyl (C=O) groups is 2. The van der Waals surface area contributed by atoms with E-state index in [-0.39, 0.29) is 24.1 Å². The zero-order valence-electron chi connectivity index (χ0n) is 12.7. The maximum Gasteiger partial charge on any atom is 0.242 e. The van der Waals surface area contributed by atoms with Gasteiger partial charge in [0, 0.05) is 0 Å². The number of alkyl halides is 1. The molecule has 23 heavy (non-hydrogen) atoms. The second-order valence-electron chi connectivity index (χ2n) is 5.40. The predicted octanol–water partition coefficient (Wildman–Crippen LogP) is 3.28. The topological polar surface area (TPSA) is 46.6 Å². The molecule has 0 N–H and O–H groups in total. The molecule has 1 amide bonds. The maximum absolute atomic E-state index is 12.2. The Morgan fingerprint density at radius 2 is 1.91 bits per heavy atom. The van der Waals surface area contributed by atoms with Crippen molar-refractivity contribution in [3.8, 4) is 16.9 Å². The summed E-state index contributed by atoms with van der Waals surface area (Å²) in [5.41, 5.74) is 2.67. The lowest BCUT2D eigenvalue weighted by molar-refractivity contribution is -0.124. The summed E-state index contributed by atoms with van der Waals surface area (Å²) in [6, 6.07) is 15.5. The van der Waals surface area contributed by atoms with E-state index in [0.717, 1.165) is 11.1 Å². The van der Waals surface area contributed by atoms with E-state index >= 15 is 0 Å². The average Bonchev–Trinajstić information content (AvgIpc) is 2.60. The number of fused-ring (bicyclic) bond motifs is 1. The number of hydrogen-bond donors (Lipinski definition) is 0. The molecule has 2 aromatic carbocycles. The number of ketones is 1. The van der Waals surface area contributed by atoms with E-state index in [4.69, 9.17) is 16.3 Å². The van der Waals surface area contributed by atoms with Crippen molar-refractivity contribution in [2.45, 2.75) is 13.0 Å². The first-order chi connectivity index (χ1) is 11.1. The summed E-state index contributed by atoms with van der Waals surface area (Å²) >= 11 is 5.72. The van der Waals surface area contributed by atoms with Crippen molar-refractivity contribution >= 4 is 29.0 Å². The molecule has 0 aromatic heterocycles. The third kappa shape index (κ3) is 3.08. The normalized spacial score (nSPS) is 16.4. The fourth-order valence-electron chi connectivity index (χ4n) is 2.61. The van der Waals surface area contributed by atoms with Crippen LogP contribution in [0.1, 0.15) is 6.92 Å². The molecule has 0 spiro atoms. The van der Waals surface area contributed by atoms with E-state index < -0.39 is 6.10 Å². The Morgan fingerprint density at radius 1 is 1.17 bits per heavy atom. The number of ether oxygens (including phenoxy) is 1. The van der Waals surface area contributed by atoms with E-state index in [9.17, 15) is 9.59 Å². The Bertz CT molecular complexity index is 745. The van der Waals surface area contributed by atoms with Gasteiger partial charge in [-0.3, -0.25) is 9.59 Å². The van der Waals surface area contributed by atoms with Crippen molar-refractivity contribution in [1.82, 2.24) is 0 Å². The van der Waals surface area contributed by atoms with E-state index in [1.54, 1.807) is 6.07 Å². The Hall–Kier alpha value is -2.33. The highest BCUT2D eigenvalue weighted by Gasteiger charge is 2.32. The smallest absolute Gasteiger partial charge is 0.242 e. The first-order valence-electron chi connectivity index (χ1n) is 7.33. The summed E-state index contributed by atoms with van der Waals surface area (Å²) in [6.07, 6.45) is -0.655. The standard InChI is InChI=1S/C18H16ClNO3/c1-12(21)17-11-20(18(22)10-19)15-9-14(7-8-16(15)23-17)13-5-3-2-4-6-13/h2-9,17H,10-11H2,1H3. The molecule has 0 fully saturated rings. The van der Waals surface area contributed by atoms with Crippen LogP contribution in [-0.2, 0) is 9.59 Å². The molecule has 2 aromatic rings. The molecule has 5 heteroatoms. The number of halogens is 1. The number of carbonyl (C=O) groups excluding carboxylic acids is 2. The summed E-state index contributed by atoms with van der Waals surface area (Å²) < 4.78 is 5.72. The lowest BCUT2D eigenvalue weighted by Crippen LogP contribution is -2.47. The van der Waals surface area contributed by atoms with Gasteiger partial charge in [0.1, 0.15) is 11.6 Å². The Labute approximate surface area is 139 Å². The van der Waals surface area contributed by atoms with Gasteiger partial charge in [0.05, 0.1) is 12.2 Å². The van der Waals surface area contributed by atoms with Crippen LogP contribution >= 0.6 is 11.6 Å². The number of anilines is 1. The Kier molecular flexibility index (Phi) is 4.35. The molecule has 1 aliphatic heterocycles. The zero-order valence-corrected chi connectivity index (χ0v) is 13.4. The molecule has 118 valence electrons. The van der Waals surface area contributed by atoms with Crippen molar-refractivity contribution in [3.63, 3.8) is 0 Å². The van der Waals surface area contributed by atoms with Gasteiger partial charge in [0.25, 0.3) is 0 Å². The highest BCUT2D eigenvalue weighted by molar-refractivity contribution is 6.29. The number of Topliss-reactive ketones (excluding diaryl/α,β-unsaturated/α-hetero) is 1. The summed E-state index contributed by atoms with van der Waals surface area (Å²) in [5.74, 6) is 0.0250. The molecule has 1 aliphatic rings. The molecule has 0 aliphatic carbocycles. The second-order valence-corrected chi connectivity index (χ2v) is 5.67. The minimum Gasteiger partial charge on any atom is -0.479 e. The summed E-state index contributed by atoms with van der Waals surface area (Å²) in [4.78, 5) is 25.4. The molecule has 0 radical (unpaired) electrons. The first-order valence-corrected chi connectivity index (χ1v) is 7.86. The monoisotopic (exact) mass is 329 g/mol. The lowest BCUT2D eigenvalue weighted by atomic mass is 10.0. The van der Waals surface area contributed by atoms with Crippen LogP contribution in [0.3, 0.4) is 0 Å². The van der Waals surface area contributed by atoms with E-state index in [2.05, 4.69) is 0 Å². The SMILES string of the molecule is CC(=O)C1CN(C(=O)CCl)c2cc(-c3ccccc3)ccc2O1. The van der Waals surface area contributed by atoms with Crippen molar-refractivity contribution < 1.29 is 14.3 Å². The number of benzene rings is 2. The quantitative estimate of drug-likeness (QED) is 0.812. The Balaban J connectivity index is 2.05. The minimum absolute atomic E-state index is 0.116. The van der Waals surface area contributed by atoms with Crippen LogP contribution in [0.4, 0.5) is 5.69 Å². The third-order valence-corrected chi connectivity index (χ3v) is 4.07. The second kappa shape index (κ2) is 6.42. The third-order valence-electron chi connectivity index (χ3n) is 3.84. The number of rotatable bonds is 3. The number of hydrogen-bond acceptors (Lipinski definition) is 3. The van der Waals surface area contributed by atoms with Gasteiger partial charge in [0.15, 0.2) is 11.9 Å². The van der Waals surface area contributed by atoms with Gasteiger partial charge in [-0.05, 0) is 30.2 Å². The molecule has 0 saturated carbocycles. The van der Waals surface area contributed by atoms with Gasteiger partial charge >= 0.3 is 0 Å². The van der Waals surface area contributed by atoms with Gasteiger partial charge in [-0.25, -0.2) is 0 Å². The molecule has 4 nitrogen and oxygen atoms in total. The van der Waals surface area contributed by atoms with Crippen molar-refractivity contribution in [1.29, 1.82) is 0 Å². The zero-order chi connectivity index (χ0) is 16.4. The van der Waals surface area contributed by atoms with E-state index in [1.807, 2.05) is 42.5 Å². The van der Waals surface area contributed by atoms with Crippen LogP contribution in [0.15, 0.2) is 48.5 Å². The first kappa shape index (κ1) is 15.6. The molecular weight excluding hydrogens is 314 g/mol. The number of amides is 1. The van der Waals surface area contributed by atoms with Crippen LogP contribution in [0.25, 0.3) is 11.1 Å². The van der Waals surface area contributed by atoms with E-state index in [1.165, 1.54) is 11.8 Å². The van der Waals surface area contributed by atoms with Gasteiger partial charge < -0.3 is 9.64 Å². The van der Waals surface area contributed by atoms with Crippen LogP contribution in [0.2, 0.25) is 0 Å². The van der Waals surface area contributed by atoms with Crippen LogP contribution in [0, 0.1) is 0 Å². The lowest BCUT2D eigenvalue weighted by Gasteiger charge is -2.34. The highest BCUT2D eigenvalue weighted by atomic mass is 35.5. The van der Waals surface area contributed by atoms with Crippen molar-refractivity contribution in [2.75, 3.05) is 17.3 Å². The highest BCUT2D eigenvalue weighted by Crippen LogP contribution is 2.37. The maximum atomic E-state index is 12.2. The molecular formula is C18H16ClNO3. The molecule has 0 saturated heterocycles. The van der Waals surface area contributed by atoms with Gasteiger partial charge in [-0.15, -0.1) is 11.6 Å². The fraction of sp³-hybridized carbons (Fsp3) is 0.222. The molecule has 1 heterocycles. The number of nitrogens with zero attached hydrogens (tertiary/aromatic N) is 1. The molecule has 0 bridgehead atoms. The van der Waals surface area contributed by atoms with Crippen LogP contribution in [-0.4, -0.2) is 30.2 Å². The van der Waals surface area contributed by atoms with Crippen molar-refractivity contribution in [2.24, 2.45) is 0 Å². The largest absolute Gasteiger partial charge is 0.479 e. The predicted molar refractivity (Wildman–Crippen MR) is 90.0 cm³/mol. The summed E-state index contributed by atoms with van der Waals surface area (Å²) in [7, 11) is 0. The molecule has 1 atom stereocenters. The van der Waals surface area contributed by atoms with Crippen LogP contribution in [0.5, 0.6) is 5.75 Å². The summed E-state index contributed by atoms with van der Waals surface area (Å²) in [5, 5.41) is 0.